The number of halogens is 1. The van der Waals surface area contributed by atoms with Crippen LogP contribution in [0.15, 0.2) is 59.0 Å². The first kappa shape index (κ1) is 26.8. The Kier molecular flexibility index (Phi) is 10.2. The first-order valence-corrected chi connectivity index (χ1v) is 12.2. The van der Waals surface area contributed by atoms with E-state index in [4.69, 9.17) is 13.9 Å². The lowest BCUT2D eigenvalue weighted by Gasteiger charge is -2.30. The number of hydrogen-bond acceptors (Lipinski definition) is 6. The molecule has 1 fully saturated rings. The van der Waals surface area contributed by atoms with Crippen molar-refractivity contribution in [2.75, 3.05) is 26.3 Å². The number of ether oxygens (including phenoxy) is 2. The molecule has 0 saturated carbocycles. The van der Waals surface area contributed by atoms with Crippen molar-refractivity contribution in [3.05, 3.63) is 71.6 Å². The maximum Gasteiger partial charge on any atom is 0.309 e. The Bertz CT molecular complexity index is 1050. The van der Waals surface area contributed by atoms with Gasteiger partial charge >= 0.3 is 5.97 Å². The SMILES string of the molecule is CCOC(=O)[C@H]1CCNCC1CCc1ccc(OCCc2nc(-c3ccccc3)oc2C)cc1.Cl. The Hall–Kier alpha value is -2.83. The van der Waals surface area contributed by atoms with Crippen LogP contribution in [0.5, 0.6) is 5.75 Å². The van der Waals surface area contributed by atoms with Crippen LogP contribution in [0, 0.1) is 18.8 Å². The summed E-state index contributed by atoms with van der Waals surface area (Å²) in [7, 11) is 0. The second-order valence-corrected chi connectivity index (χ2v) is 8.78. The highest BCUT2D eigenvalue weighted by molar-refractivity contribution is 5.85. The lowest BCUT2D eigenvalue weighted by Crippen LogP contribution is -2.41. The zero-order valence-electron chi connectivity index (χ0n) is 20.5. The number of aryl methyl sites for hydroxylation is 2. The predicted octanol–water partition coefficient (Wildman–Crippen LogP) is 5.41. The van der Waals surface area contributed by atoms with Crippen LogP contribution in [0.1, 0.15) is 36.8 Å². The third-order valence-corrected chi connectivity index (χ3v) is 6.45. The Morgan fingerprint density at radius 1 is 1.11 bits per heavy atom. The van der Waals surface area contributed by atoms with Gasteiger partial charge in [-0.1, -0.05) is 30.3 Å². The van der Waals surface area contributed by atoms with E-state index < -0.39 is 0 Å². The molecule has 35 heavy (non-hydrogen) atoms. The number of carbonyl (C=O) groups excluding carboxylic acids is 1. The third kappa shape index (κ3) is 7.33. The molecule has 2 heterocycles. The van der Waals surface area contributed by atoms with Crippen molar-refractivity contribution in [2.45, 2.75) is 39.5 Å². The molecule has 1 saturated heterocycles. The molecule has 0 amide bonds. The number of aromatic nitrogens is 1. The predicted molar refractivity (Wildman–Crippen MR) is 139 cm³/mol. The summed E-state index contributed by atoms with van der Waals surface area (Å²) in [6.07, 6.45) is 3.44. The topological polar surface area (TPSA) is 73.6 Å². The molecular weight excluding hydrogens is 464 g/mol. The van der Waals surface area contributed by atoms with Crippen molar-refractivity contribution in [3.8, 4) is 17.2 Å². The molecule has 4 rings (SSSR count). The molecule has 0 radical (unpaired) electrons. The minimum atomic E-state index is -0.0454. The number of oxazole rings is 1. The lowest BCUT2D eigenvalue weighted by molar-refractivity contribution is -0.151. The van der Waals surface area contributed by atoms with Crippen molar-refractivity contribution in [1.82, 2.24) is 10.3 Å². The van der Waals surface area contributed by atoms with E-state index in [9.17, 15) is 4.79 Å². The van der Waals surface area contributed by atoms with Crippen molar-refractivity contribution in [1.29, 1.82) is 0 Å². The summed E-state index contributed by atoms with van der Waals surface area (Å²) < 4.78 is 17.1. The Labute approximate surface area is 213 Å². The van der Waals surface area contributed by atoms with Crippen LogP contribution in [0.3, 0.4) is 0 Å². The molecule has 2 aromatic carbocycles. The molecule has 1 aliphatic heterocycles. The average molecular weight is 499 g/mol. The van der Waals surface area contributed by atoms with Gasteiger partial charge in [0.15, 0.2) is 0 Å². The zero-order chi connectivity index (χ0) is 23.8. The second-order valence-electron chi connectivity index (χ2n) is 8.78. The summed E-state index contributed by atoms with van der Waals surface area (Å²) in [5, 5.41) is 3.42. The van der Waals surface area contributed by atoms with Crippen LogP contribution < -0.4 is 10.1 Å². The summed E-state index contributed by atoms with van der Waals surface area (Å²) in [4.78, 5) is 16.9. The molecule has 1 unspecified atom stereocenters. The quantitative estimate of drug-likeness (QED) is 0.376. The highest BCUT2D eigenvalue weighted by Gasteiger charge is 2.31. The van der Waals surface area contributed by atoms with Crippen molar-refractivity contribution < 1.29 is 18.7 Å². The van der Waals surface area contributed by atoms with Gasteiger partial charge in [0.25, 0.3) is 0 Å². The van der Waals surface area contributed by atoms with Crippen molar-refractivity contribution in [2.24, 2.45) is 11.8 Å². The number of piperidine rings is 1. The third-order valence-electron chi connectivity index (χ3n) is 6.45. The van der Waals surface area contributed by atoms with Crippen molar-refractivity contribution >= 4 is 18.4 Å². The average Bonchev–Trinajstić information content (AvgIpc) is 3.25. The molecular formula is C28H35ClN2O4. The lowest BCUT2D eigenvalue weighted by atomic mass is 9.82. The number of nitrogens with zero attached hydrogens (tertiary/aromatic N) is 1. The summed E-state index contributed by atoms with van der Waals surface area (Å²) in [6.45, 7) is 6.55. The molecule has 1 aromatic heterocycles. The van der Waals surface area contributed by atoms with Gasteiger partial charge in [-0.05, 0) is 81.9 Å². The number of benzene rings is 2. The molecule has 188 valence electrons. The van der Waals surface area contributed by atoms with Gasteiger partial charge < -0.3 is 19.2 Å². The van der Waals surface area contributed by atoms with E-state index in [-0.39, 0.29) is 24.3 Å². The smallest absolute Gasteiger partial charge is 0.309 e. The minimum absolute atomic E-state index is 0. The number of nitrogens with one attached hydrogen (secondary N) is 1. The van der Waals surface area contributed by atoms with Gasteiger partial charge in [-0.3, -0.25) is 4.79 Å². The summed E-state index contributed by atoms with van der Waals surface area (Å²) >= 11 is 0. The molecule has 0 spiro atoms. The highest BCUT2D eigenvalue weighted by atomic mass is 35.5. The van der Waals surface area contributed by atoms with E-state index in [1.807, 2.05) is 56.3 Å². The van der Waals surface area contributed by atoms with Crippen LogP contribution in [0.25, 0.3) is 11.5 Å². The van der Waals surface area contributed by atoms with Crippen LogP contribution in [-0.4, -0.2) is 37.3 Å². The number of carbonyl (C=O) groups is 1. The van der Waals surface area contributed by atoms with Gasteiger partial charge in [-0.15, -0.1) is 12.4 Å². The minimum Gasteiger partial charge on any atom is -0.493 e. The van der Waals surface area contributed by atoms with Crippen molar-refractivity contribution in [3.63, 3.8) is 0 Å². The molecule has 0 aliphatic carbocycles. The van der Waals surface area contributed by atoms with Crippen LogP contribution in [0.2, 0.25) is 0 Å². The first-order valence-electron chi connectivity index (χ1n) is 12.2. The second kappa shape index (κ2) is 13.3. The fourth-order valence-corrected chi connectivity index (χ4v) is 4.52. The number of rotatable bonds is 10. The van der Waals surface area contributed by atoms with Gasteiger partial charge in [-0.2, -0.15) is 0 Å². The Morgan fingerprint density at radius 3 is 2.63 bits per heavy atom. The fraction of sp³-hybridized carbons (Fsp3) is 0.429. The van der Waals surface area contributed by atoms with Gasteiger partial charge in [0.1, 0.15) is 11.5 Å². The summed E-state index contributed by atoms with van der Waals surface area (Å²) in [5.41, 5.74) is 3.15. The molecule has 6 nitrogen and oxygen atoms in total. The normalized spacial score (nSPS) is 17.4. The van der Waals surface area contributed by atoms with E-state index in [2.05, 4.69) is 22.4 Å². The highest BCUT2D eigenvalue weighted by Crippen LogP contribution is 2.26. The maximum atomic E-state index is 12.3. The molecule has 7 heteroatoms. The largest absolute Gasteiger partial charge is 0.493 e. The molecule has 1 N–H and O–H groups in total. The van der Waals surface area contributed by atoms with E-state index in [0.717, 1.165) is 55.1 Å². The van der Waals surface area contributed by atoms with E-state index >= 15 is 0 Å². The number of esters is 1. The van der Waals surface area contributed by atoms with E-state index in [1.165, 1.54) is 5.56 Å². The summed E-state index contributed by atoms with van der Waals surface area (Å²) in [6, 6.07) is 18.2. The maximum absolute atomic E-state index is 12.3. The fourth-order valence-electron chi connectivity index (χ4n) is 4.52. The standard InChI is InChI=1S/C28H34N2O4.ClH/c1-3-32-28(31)25-15-17-29-19-23(25)12-9-21-10-13-24(14-11-21)33-18-16-26-20(2)34-27(30-26)22-7-5-4-6-8-22;/h4-8,10-11,13-14,23,25,29H,3,9,12,15-19H2,1-2H3;1H/t23?,25-;/m0./s1. The van der Waals surface area contributed by atoms with Crippen LogP contribution in [-0.2, 0) is 22.4 Å². The Morgan fingerprint density at radius 2 is 1.89 bits per heavy atom. The van der Waals surface area contributed by atoms with Crippen LogP contribution >= 0.6 is 12.4 Å². The first-order chi connectivity index (χ1) is 16.6. The molecule has 3 aromatic rings. The molecule has 2 atom stereocenters. The Balaban J connectivity index is 0.00000342. The van der Waals surface area contributed by atoms with Gasteiger partial charge in [-0.25, -0.2) is 4.98 Å². The van der Waals surface area contributed by atoms with E-state index in [1.54, 1.807) is 0 Å². The summed E-state index contributed by atoms with van der Waals surface area (Å²) in [5.74, 6) is 2.60. The zero-order valence-corrected chi connectivity index (χ0v) is 21.3. The molecule has 0 bridgehead atoms. The monoisotopic (exact) mass is 498 g/mol. The van der Waals surface area contributed by atoms with E-state index in [0.29, 0.717) is 31.4 Å². The van der Waals surface area contributed by atoms with Crippen LogP contribution in [0.4, 0.5) is 0 Å². The van der Waals surface area contributed by atoms with Gasteiger partial charge in [0.05, 0.1) is 24.8 Å². The van der Waals surface area contributed by atoms with Gasteiger partial charge in [0, 0.05) is 12.0 Å². The number of hydrogen-bond donors (Lipinski definition) is 1. The van der Waals surface area contributed by atoms with Gasteiger partial charge in [0.2, 0.25) is 5.89 Å². The molecule has 1 aliphatic rings.